The van der Waals surface area contributed by atoms with Crippen molar-refractivity contribution in [3.63, 3.8) is 0 Å². The number of nitrogens with zero attached hydrogens (tertiary/aromatic N) is 2. The molecule has 1 aromatic carbocycles. The van der Waals surface area contributed by atoms with E-state index in [0.29, 0.717) is 36.6 Å². The van der Waals surface area contributed by atoms with Gasteiger partial charge in [-0.3, -0.25) is 9.69 Å². The van der Waals surface area contributed by atoms with Crippen molar-refractivity contribution in [2.75, 3.05) is 32.7 Å². The fourth-order valence-corrected chi connectivity index (χ4v) is 3.52. The largest absolute Gasteiger partial charge is 0.401 e. The first-order valence-corrected chi connectivity index (χ1v) is 8.25. The van der Waals surface area contributed by atoms with Crippen molar-refractivity contribution in [3.8, 4) is 0 Å². The van der Waals surface area contributed by atoms with Crippen molar-refractivity contribution in [2.24, 2.45) is 0 Å². The first-order valence-electron chi connectivity index (χ1n) is 6.80. The first-order chi connectivity index (χ1) is 10.3. The summed E-state index contributed by atoms with van der Waals surface area (Å²) < 4.78 is 38.1. The van der Waals surface area contributed by atoms with Crippen LogP contribution >= 0.6 is 34.2 Å². The van der Waals surface area contributed by atoms with Crippen LogP contribution in [0.1, 0.15) is 16.8 Å². The van der Waals surface area contributed by atoms with Crippen LogP contribution in [0.3, 0.4) is 0 Å². The number of rotatable bonds is 2. The van der Waals surface area contributed by atoms with Gasteiger partial charge in [-0.05, 0) is 47.2 Å². The molecule has 8 heteroatoms. The Morgan fingerprint density at radius 2 is 1.95 bits per heavy atom. The zero-order valence-electron chi connectivity index (χ0n) is 11.7. The highest BCUT2D eigenvalue weighted by Crippen LogP contribution is 2.21. The van der Waals surface area contributed by atoms with Gasteiger partial charge in [-0.15, -0.1) is 0 Å². The fraction of sp³-hybridized carbons (Fsp3) is 0.500. The topological polar surface area (TPSA) is 23.6 Å². The molecule has 0 atom stereocenters. The Bertz CT molecular complexity index is 553. The van der Waals surface area contributed by atoms with Crippen LogP contribution in [-0.4, -0.2) is 54.6 Å². The molecule has 1 fully saturated rings. The van der Waals surface area contributed by atoms with E-state index in [4.69, 9.17) is 11.6 Å². The molecule has 1 aromatic rings. The van der Waals surface area contributed by atoms with Gasteiger partial charge in [-0.25, -0.2) is 0 Å². The summed E-state index contributed by atoms with van der Waals surface area (Å²) in [6, 6.07) is 5.00. The molecule has 0 radical (unpaired) electrons. The normalized spacial score (nSPS) is 17.4. The lowest BCUT2D eigenvalue weighted by Gasteiger charge is -2.23. The highest BCUT2D eigenvalue weighted by molar-refractivity contribution is 14.1. The van der Waals surface area contributed by atoms with E-state index >= 15 is 0 Å². The van der Waals surface area contributed by atoms with Crippen molar-refractivity contribution in [2.45, 2.75) is 12.6 Å². The van der Waals surface area contributed by atoms with E-state index < -0.39 is 12.7 Å². The van der Waals surface area contributed by atoms with Crippen LogP contribution in [0.4, 0.5) is 13.2 Å². The molecule has 0 unspecified atom stereocenters. The maximum Gasteiger partial charge on any atom is 0.401 e. The third-order valence-corrected chi connectivity index (χ3v) is 4.57. The Morgan fingerprint density at radius 3 is 2.59 bits per heavy atom. The molecule has 0 bridgehead atoms. The Morgan fingerprint density at radius 1 is 1.23 bits per heavy atom. The Labute approximate surface area is 145 Å². The van der Waals surface area contributed by atoms with Gasteiger partial charge < -0.3 is 4.90 Å². The Hall–Kier alpha value is -0.540. The molecule has 1 aliphatic heterocycles. The Kier molecular flexibility index (Phi) is 5.95. The lowest BCUT2D eigenvalue weighted by atomic mass is 10.2. The summed E-state index contributed by atoms with van der Waals surface area (Å²) in [6.45, 7) is 0.420. The van der Waals surface area contributed by atoms with Gasteiger partial charge in [0.05, 0.1) is 12.1 Å². The molecule has 22 heavy (non-hydrogen) atoms. The van der Waals surface area contributed by atoms with E-state index in [1.165, 1.54) is 4.90 Å². The van der Waals surface area contributed by atoms with Crippen molar-refractivity contribution in [1.29, 1.82) is 0 Å². The third-order valence-electron chi connectivity index (χ3n) is 3.44. The molecule has 0 aromatic heterocycles. The minimum Gasteiger partial charge on any atom is -0.337 e. The van der Waals surface area contributed by atoms with Gasteiger partial charge in [0.15, 0.2) is 0 Å². The monoisotopic (exact) mass is 446 g/mol. The van der Waals surface area contributed by atoms with Gasteiger partial charge in [0.25, 0.3) is 5.91 Å². The van der Waals surface area contributed by atoms with Crippen molar-refractivity contribution in [3.05, 3.63) is 32.4 Å². The number of hydrogen-bond acceptors (Lipinski definition) is 2. The summed E-state index contributed by atoms with van der Waals surface area (Å²) in [5, 5.41) is 0.549. The van der Waals surface area contributed by atoms with E-state index in [0.717, 1.165) is 3.57 Å². The molecule has 0 aliphatic carbocycles. The average Bonchev–Trinajstić information content (AvgIpc) is 2.61. The summed E-state index contributed by atoms with van der Waals surface area (Å²) in [7, 11) is 0. The van der Waals surface area contributed by atoms with E-state index in [1.807, 2.05) is 22.6 Å². The molecule has 1 heterocycles. The number of hydrogen-bond donors (Lipinski definition) is 0. The molecule has 1 amide bonds. The number of benzene rings is 1. The van der Waals surface area contributed by atoms with Crippen LogP contribution in [0.5, 0.6) is 0 Å². The maximum absolute atomic E-state index is 12.5. The highest BCUT2D eigenvalue weighted by Gasteiger charge is 2.32. The van der Waals surface area contributed by atoms with Crippen LogP contribution < -0.4 is 0 Å². The lowest BCUT2D eigenvalue weighted by Crippen LogP contribution is -2.38. The molecule has 1 saturated heterocycles. The standard InChI is InChI=1S/C14H15ClF3IN2O/c15-10-2-3-11(12(19)8-10)13(22)21-5-1-4-20(6-7-21)9-14(16,17)18/h2-3,8H,1,4-7,9H2. The van der Waals surface area contributed by atoms with Gasteiger partial charge in [0, 0.05) is 34.8 Å². The number of halogens is 5. The van der Waals surface area contributed by atoms with Crippen molar-refractivity contribution in [1.82, 2.24) is 9.80 Å². The zero-order chi connectivity index (χ0) is 16.3. The molecule has 122 valence electrons. The van der Waals surface area contributed by atoms with Gasteiger partial charge in [-0.1, -0.05) is 11.6 Å². The second-order valence-corrected chi connectivity index (χ2v) is 6.76. The summed E-state index contributed by atoms with van der Waals surface area (Å²) in [4.78, 5) is 15.5. The summed E-state index contributed by atoms with van der Waals surface area (Å²) >= 11 is 7.91. The van der Waals surface area contributed by atoms with Crippen LogP contribution in [0.2, 0.25) is 5.02 Å². The maximum atomic E-state index is 12.5. The SMILES string of the molecule is O=C(c1ccc(Cl)cc1I)N1CCCN(CC(F)(F)F)CC1. The summed E-state index contributed by atoms with van der Waals surface area (Å²) in [5.41, 5.74) is 0.536. The quantitative estimate of drug-likeness (QED) is 0.648. The molecular weight excluding hydrogens is 432 g/mol. The van der Waals surface area contributed by atoms with Crippen LogP contribution in [-0.2, 0) is 0 Å². The van der Waals surface area contributed by atoms with Gasteiger partial charge in [0.2, 0.25) is 0 Å². The molecule has 0 saturated carbocycles. The third kappa shape index (κ3) is 4.99. The first kappa shape index (κ1) is 17.8. The highest BCUT2D eigenvalue weighted by atomic mass is 127. The lowest BCUT2D eigenvalue weighted by molar-refractivity contribution is -0.145. The van der Waals surface area contributed by atoms with E-state index in [1.54, 1.807) is 23.1 Å². The smallest absolute Gasteiger partial charge is 0.337 e. The molecular formula is C14H15ClF3IN2O. The fourth-order valence-electron chi connectivity index (χ4n) is 2.42. The minimum atomic E-state index is -4.20. The average molecular weight is 447 g/mol. The van der Waals surface area contributed by atoms with Gasteiger partial charge in [-0.2, -0.15) is 13.2 Å². The predicted octanol–water partition coefficient (Wildman–Crippen LogP) is 3.65. The summed E-state index contributed by atoms with van der Waals surface area (Å²) in [6.07, 6.45) is -3.67. The summed E-state index contributed by atoms with van der Waals surface area (Å²) in [5.74, 6) is -0.157. The van der Waals surface area contributed by atoms with Crippen molar-refractivity contribution >= 4 is 40.1 Å². The number of amides is 1. The van der Waals surface area contributed by atoms with Crippen molar-refractivity contribution < 1.29 is 18.0 Å². The molecule has 0 N–H and O–H groups in total. The number of alkyl halides is 3. The Balaban J connectivity index is 2.03. The minimum absolute atomic E-state index is 0.157. The molecule has 2 rings (SSSR count). The van der Waals surface area contributed by atoms with E-state index in [2.05, 4.69) is 0 Å². The van der Waals surface area contributed by atoms with Crippen LogP contribution in [0, 0.1) is 3.57 Å². The second-order valence-electron chi connectivity index (χ2n) is 5.16. The number of carbonyl (C=O) groups excluding carboxylic acids is 1. The van der Waals surface area contributed by atoms with E-state index in [9.17, 15) is 18.0 Å². The predicted molar refractivity (Wildman–Crippen MR) is 87.2 cm³/mol. The molecule has 1 aliphatic rings. The molecule has 0 spiro atoms. The molecule has 3 nitrogen and oxygen atoms in total. The van der Waals surface area contributed by atoms with Gasteiger partial charge in [0.1, 0.15) is 0 Å². The van der Waals surface area contributed by atoms with Crippen LogP contribution in [0.25, 0.3) is 0 Å². The second kappa shape index (κ2) is 7.35. The number of carbonyl (C=O) groups is 1. The van der Waals surface area contributed by atoms with Gasteiger partial charge >= 0.3 is 6.18 Å². The zero-order valence-corrected chi connectivity index (χ0v) is 14.6. The van der Waals surface area contributed by atoms with E-state index in [-0.39, 0.29) is 12.5 Å². The van der Waals surface area contributed by atoms with Crippen LogP contribution in [0.15, 0.2) is 18.2 Å².